The van der Waals surface area contributed by atoms with Crippen molar-refractivity contribution in [3.63, 3.8) is 0 Å². The molecule has 0 aromatic carbocycles. The lowest BCUT2D eigenvalue weighted by Gasteiger charge is -2.13. The fourth-order valence-corrected chi connectivity index (χ4v) is 1.34. The molecular weight excluding hydrogens is 150 g/mol. The lowest BCUT2D eigenvalue weighted by molar-refractivity contribution is 0.211. The van der Waals surface area contributed by atoms with E-state index in [4.69, 9.17) is 4.84 Å². The summed E-state index contributed by atoms with van der Waals surface area (Å²) in [6, 6.07) is 0. The van der Waals surface area contributed by atoms with Crippen molar-refractivity contribution in [2.24, 2.45) is 11.1 Å². The van der Waals surface area contributed by atoms with Gasteiger partial charge in [0.05, 0.1) is 5.71 Å². The molecule has 2 heteroatoms. The minimum atomic E-state index is 0.426. The Bertz CT molecular complexity index is 238. The summed E-state index contributed by atoms with van der Waals surface area (Å²) < 4.78 is 0. The Morgan fingerprint density at radius 3 is 3.00 bits per heavy atom. The summed E-state index contributed by atoms with van der Waals surface area (Å²) in [4.78, 5) is 4.73. The molecule has 1 rings (SSSR count). The highest BCUT2D eigenvalue weighted by atomic mass is 16.6. The molecule has 12 heavy (non-hydrogen) atoms. The first kappa shape index (κ1) is 9.04. The Balaban J connectivity index is 2.66. The van der Waals surface area contributed by atoms with Gasteiger partial charge in [0.2, 0.25) is 0 Å². The van der Waals surface area contributed by atoms with Gasteiger partial charge in [-0.05, 0) is 20.3 Å². The van der Waals surface area contributed by atoms with E-state index >= 15 is 0 Å². The summed E-state index contributed by atoms with van der Waals surface area (Å²) in [7, 11) is 1.58. The molecule has 2 nitrogen and oxygen atoms in total. The number of nitrogens with zero attached hydrogens (tertiary/aromatic N) is 1. The summed E-state index contributed by atoms with van der Waals surface area (Å²) in [5.41, 5.74) is 2.35. The molecule has 0 aromatic rings. The van der Waals surface area contributed by atoms with Crippen LogP contribution in [0.3, 0.4) is 0 Å². The summed E-state index contributed by atoms with van der Waals surface area (Å²) in [6.45, 7) is 4.10. The van der Waals surface area contributed by atoms with Gasteiger partial charge in [-0.1, -0.05) is 29.0 Å². The van der Waals surface area contributed by atoms with Crippen molar-refractivity contribution < 1.29 is 4.84 Å². The highest BCUT2D eigenvalue weighted by Gasteiger charge is 2.10. The van der Waals surface area contributed by atoms with E-state index in [1.54, 1.807) is 7.11 Å². The van der Waals surface area contributed by atoms with Crippen LogP contribution in [-0.2, 0) is 4.84 Å². The van der Waals surface area contributed by atoms with Gasteiger partial charge in [0.25, 0.3) is 0 Å². The van der Waals surface area contributed by atoms with Crippen molar-refractivity contribution in [1.82, 2.24) is 0 Å². The molecule has 1 aliphatic rings. The van der Waals surface area contributed by atoms with Crippen molar-refractivity contribution in [3.8, 4) is 0 Å². The zero-order valence-corrected chi connectivity index (χ0v) is 7.87. The first-order valence-corrected chi connectivity index (χ1v) is 4.16. The van der Waals surface area contributed by atoms with Crippen molar-refractivity contribution >= 4 is 5.71 Å². The Morgan fingerprint density at radius 1 is 1.67 bits per heavy atom. The number of rotatable bonds is 2. The van der Waals surface area contributed by atoms with E-state index in [-0.39, 0.29) is 0 Å². The molecule has 0 N–H and O–H groups in total. The molecule has 0 saturated heterocycles. The van der Waals surface area contributed by atoms with Crippen molar-refractivity contribution in [1.29, 1.82) is 0 Å². The van der Waals surface area contributed by atoms with Crippen LogP contribution in [0.15, 0.2) is 29.0 Å². The van der Waals surface area contributed by atoms with Crippen LogP contribution in [-0.4, -0.2) is 12.8 Å². The van der Waals surface area contributed by atoms with Crippen LogP contribution in [0.2, 0.25) is 0 Å². The zero-order chi connectivity index (χ0) is 8.97. The Hall–Kier alpha value is -1.05. The maximum Gasteiger partial charge on any atom is 0.106 e. The minimum absolute atomic E-state index is 0.426. The van der Waals surface area contributed by atoms with Crippen molar-refractivity contribution in [2.45, 2.75) is 20.3 Å². The van der Waals surface area contributed by atoms with Crippen LogP contribution >= 0.6 is 0 Å². The zero-order valence-electron chi connectivity index (χ0n) is 7.87. The van der Waals surface area contributed by atoms with Gasteiger partial charge in [-0.3, -0.25) is 0 Å². The molecule has 0 aromatic heterocycles. The van der Waals surface area contributed by atoms with E-state index in [0.717, 1.165) is 12.1 Å². The van der Waals surface area contributed by atoms with Gasteiger partial charge in [0, 0.05) is 5.92 Å². The quantitative estimate of drug-likeness (QED) is 0.455. The molecule has 0 fully saturated rings. The summed E-state index contributed by atoms with van der Waals surface area (Å²) in [6.07, 6.45) is 7.57. The highest BCUT2D eigenvalue weighted by Crippen LogP contribution is 2.17. The SMILES string of the molecule is CON=C(C)[C@@H]1C=C(C)C=CC1. The third-order valence-corrected chi connectivity index (χ3v) is 2.01. The van der Waals surface area contributed by atoms with Crippen LogP contribution < -0.4 is 0 Å². The van der Waals surface area contributed by atoms with Gasteiger partial charge in [-0.25, -0.2) is 0 Å². The molecular formula is C10H15NO. The molecule has 1 atom stereocenters. The number of hydrogen-bond acceptors (Lipinski definition) is 2. The molecule has 0 unspecified atom stereocenters. The van der Waals surface area contributed by atoms with Crippen LogP contribution in [0.25, 0.3) is 0 Å². The predicted octanol–water partition coefficient (Wildman–Crippen LogP) is 2.53. The topological polar surface area (TPSA) is 21.6 Å². The average Bonchev–Trinajstić information content (AvgIpc) is 2.05. The average molecular weight is 165 g/mol. The lowest BCUT2D eigenvalue weighted by Crippen LogP contribution is -2.10. The van der Waals surface area contributed by atoms with E-state index in [0.29, 0.717) is 5.92 Å². The first-order valence-electron chi connectivity index (χ1n) is 4.16. The van der Waals surface area contributed by atoms with Crippen LogP contribution in [0.1, 0.15) is 20.3 Å². The summed E-state index contributed by atoms with van der Waals surface area (Å²) in [5, 5.41) is 3.92. The van der Waals surface area contributed by atoms with Gasteiger partial charge < -0.3 is 4.84 Å². The maximum atomic E-state index is 4.73. The standard InChI is InChI=1S/C10H15NO/c1-8-5-4-6-10(7-8)9(2)11-12-3/h4-5,7,10H,6H2,1-3H3/t10-/m0/s1. The summed E-state index contributed by atoms with van der Waals surface area (Å²) >= 11 is 0. The van der Waals surface area contributed by atoms with Crippen LogP contribution in [0.4, 0.5) is 0 Å². The van der Waals surface area contributed by atoms with Gasteiger partial charge in [0.1, 0.15) is 7.11 Å². The third kappa shape index (κ3) is 2.22. The monoisotopic (exact) mass is 165 g/mol. The van der Waals surface area contributed by atoms with Gasteiger partial charge in [0.15, 0.2) is 0 Å². The van der Waals surface area contributed by atoms with E-state index in [9.17, 15) is 0 Å². The number of allylic oxidation sites excluding steroid dienone is 4. The molecule has 0 saturated carbocycles. The minimum Gasteiger partial charge on any atom is -0.399 e. The third-order valence-electron chi connectivity index (χ3n) is 2.01. The van der Waals surface area contributed by atoms with Crippen molar-refractivity contribution in [3.05, 3.63) is 23.8 Å². The second-order valence-electron chi connectivity index (χ2n) is 3.07. The van der Waals surface area contributed by atoms with E-state index in [1.165, 1.54) is 5.57 Å². The molecule has 0 aliphatic heterocycles. The van der Waals surface area contributed by atoms with Gasteiger partial charge in [-0.2, -0.15) is 0 Å². The molecule has 1 aliphatic carbocycles. The van der Waals surface area contributed by atoms with E-state index < -0.39 is 0 Å². The molecule has 0 radical (unpaired) electrons. The Morgan fingerprint density at radius 2 is 2.42 bits per heavy atom. The molecule has 0 amide bonds. The normalized spacial score (nSPS) is 23.8. The fourth-order valence-electron chi connectivity index (χ4n) is 1.34. The highest BCUT2D eigenvalue weighted by molar-refractivity contribution is 5.86. The fraction of sp³-hybridized carbons (Fsp3) is 0.500. The van der Waals surface area contributed by atoms with Gasteiger partial charge in [-0.15, -0.1) is 0 Å². The Kier molecular flexibility index (Phi) is 3.09. The molecule has 0 bridgehead atoms. The smallest absolute Gasteiger partial charge is 0.106 e. The largest absolute Gasteiger partial charge is 0.399 e. The number of hydrogen-bond donors (Lipinski definition) is 0. The molecule has 66 valence electrons. The van der Waals surface area contributed by atoms with Crippen LogP contribution in [0, 0.1) is 5.92 Å². The van der Waals surface area contributed by atoms with Gasteiger partial charge >= 0.3 is 0 Å². The maximum absolute atomic E-state index is 4.73. The Labute approximate surface area is 73.6 Å². The van der Waals surface area contributed by atoms with E-state index in [2.05, 4.69) is 30.3 Å². The summed E-state index contributed by atoms with van der Waals surface area (Å²) in [5.74, 6) is 0.426. The van der Waals surface area contributed by atoms with E-state index in [1.807, 2.05) is 6.92 Å². The number of oxime groups is 1. The second-order valence-corrected chi connectivity index (χ2v) is 3.07. The van der Waals surface area contributed by atoms with Crippen LogP contribution in [0.5, 0.6) is 0 Å². The first-order chi connectivity index (χ1) is 5.74. The van der Waals surface area contributed by atoms with Crippen molar-refractivity contribution in [2.75, 3.05) is 7.11 Å². The lowest BCUT2D eigenvalue weighted by atomic mass is 9.93. The predicted molar refractivity (Wildman–Crippen MR) is 51.1 cm³/mol. The molecule has 0 spiro atoms. The second kappa shape index (κ2) is 4.10. The molecule has 0 heterocycles.